The van der Waals surface area contributed by atoms with E-state index in [-0.39, 0.29) is 31.7 Å². The van der Waals surface area contributed by atoms with Gasteiger partial charge in [0.25, 0.3) is 5.67 Å². The molecule has 12 nitrogen and oxygen atoms in total. The van der Waals surface area contributed by atoms with Gasteiger partial charge in [0.1, 0.15) is 37.6 Å². The maximum Gasteiger partial charge on any atom is 0.351 e. The first-order valence-corrected chi connectivity index (χ1v) is 16.8. The van der Waals surface area contributed by atoms with Crippen LogP contribution in [0.4, 0.5) is 10.1 Å². The normalized spacial score (nSPS) is 36.4. The molecule has 49 heavy (non-hydrogen) atoms. The first kappa shape index (κ1) is 38.2. The Morgan fingerprint density at radius 1 is 1.14 bits per heavy atom. The standard InChI is InChI=1S/C35H49BFN5O7/c1-9-26-35(7)29(42(32(46)49-35)16-11-10-15-41-19-25(39-40-41)23-13-12-14-24(38)17-23)21(3)27(43)20(2)18-33(5,47-8)28(36)22(4)30(44)34(6,37)31(45)48-26/h12-14,17,19-22,26,28-29,32,46H,9,15-16,18,36,38H2,1-8H3/t20-,21+,22-,26-,28-,29-,32?,33-,34+,35-/m1/s1. The molecule has 14 heteroatoms. The van der Waals surface area contributed by atoms with Gasteiger partial charge in [-0.1, -0.05) is 56.9 Å². The zero-order chi connectivity index (χ0) is 36.5. The first-order valence-electron chi connectivity index (χ1n) is 16.8. The highest BCUT2D eigenvalue weighted by Gasteiger charge is 2.60. The summed E-state index contributed by atoms with van der Waals surface area (Å²) in [5, 5.41) is 19.6. The van der Waals surface area contributed by atoms with E-state index in [9.17, 15) is 19.5 Å². The number of nitrogens with two attached hydrogens (primary N) is 1. The number of aliphatic hydroxyl groups excluding tert-OH is 1. The zero-order valence-electron chi connectivity index (χ0n) is 29.9. The highest BCUT2D eigenvalue weighted by atomic mass is 19.1. The van der Waals surface area contributed by atoms with Crippen molar-refractivity contribution in [3.05, 3.63) is 30.5 Å². The molecule has 0 amide bonds. The van der Waals surface area contributed by atoms with Crippen LogP contribution in [0.5, 0.6) is 0 Å². The summed E-state index contributed by atoms with van der Waals surface area (Å²) in [5.74, 6) is 0.861. The molecule has 1 aromatic heterocycles. The lowest BCUT2D eigenvalue weighted by atomic mass is 9.61. The molecule has 2 aliphatic heterocycles. The number of anilines is 1. The Balaban J connectivity index is 1.68. The minimum Gasteiger partial charge on any atom is -0.457 e. The van der Waals surface area contributed by atoms with Crippen molar-refractivity contribution in [2.75, 3.05) is 19.4 Å². The number of nitrogen functional groups attached to an aromatic ring is 1. The molecule has 10 atom stereocenters. The van der Waals surface area contributed by atoms with Gasteiger partial charge in [-0.3, -0.25) is 9.59 Å². The summed E-state index contributed by atoms with van der Waals surface area (Å²) in [5.41, 5.74) is 2.50. The number of aromatic nitrogens is 3. The van der Waals surface area contributed by atoms with Crippen LogP contribution in [0.15, 0.2) is 30.5 Å². The molecule has 2 fully saturated rings. The van der Waals surface area contributed by atoms with E-state index in [1.807, 2.05) is 12.1 Å². The van der Waals surface area contributed by atoms with Crippen LogP contribution in [0.25, 0.3) is 11.3 Å². The van der Waals surface area contributed by atoms with Crippen LogP contribution in [0.1, 0.15) is 61.3 Å². The largest absolute Gasteiger partial charge is 0.457 e. The number of hydrogen-bond acceptors (Lipinski definition) is 11. The molecular weight excluding hydrogens is 632 g/mol. The van der Waals surface area contributed by atoms with Crippen LogP contribution < -0.4 is 5.73 Å². The van der Waals surface area contributed by atoms with Crippen molar-refractivity contribution in [1.82, 2.24) is 19.9 Å². The second-order valence-electron chi connectivity index (χ2n) is 14.1. The number of ether oxygens (including phenoxy) is 3. The number of esters is 1. The average molecular weight is 682 g/mol. The molecule has 0 saturated carbocycles. The summed E-state index contributed by atoms with van der Waals surface area (Å²) in [6, 6.07) is 6.44. The number of benzene rings is 1. The number of ketones is 2. The van der Waals surface area contributed by atoms with E-state index in [1.54, 1.807) is 77.3 Å². The summed E-state index contributed by atoms with van der Waals surface area (Å²) in [4.78, 5) is 42.7. The van der Waals surface area contributed by atoms with Crippen LogP contribution in [-0.4, -0.2) is 99.5 Å². The number of cyclic esters (lactones) is 1. The lowest BCUT2D eigenvalue weighted by Crippen LogP contribution is -2.59. The quantitative estimate of drug-likeness (QED) is 0.157. The highest BCUT2D eigenvalue weighted by Crippen LogP contribution is 2.44. The van der Waals surface area contributed by atoms with Crippen molar-refractivity contribution in [2.45, 2.75) is 109 Å². The first-order chi connectivity index (χ1) is 22.9. The molecule has 1 unspecified atom stereocenters. The van der Waals surface area contributed by atoms with E-state index in [0.29, 0.717) is 11.4 Å². The predicted octanol–water partition coefficient (Wildman–Crippen LogP) is 2.59. The van der Waals surface area contributed by atoms with Crippen molar-refractivity contribution in [3.63, 3.8) is 0 Å². The average Bonchev–Trinajstić information content (AvgIpc) is 3.64. The van der Waals surface area contributed by atoms with Gasteiger partial charge in [0.2, 0.25) is 6.41 Å². The number of carbonyl (C=O) groups excluding carboxylic acids is 3. The van der Waals surface area contributed by atoms with E-state index in [0.717, 1.165) is 12.5 Å². The Hall–Kier alpha value is -3.64. The summed E-state index contributed by atoms with van der Waals surface area (Å²) < 4.78 is 35.5. The van der Waals surface area contributed by atoms with Crippen molar-refractivity contribution in [2.24, 2.45) is 17.8 Å². The number of alkyl halides is 1. The number of hydrogen-bond donors (Lipinski definition) is 2. The van der Waals surface area contributed by atoms with E-state index >= 15 is 4.39 Å². The molecule has 0 bridgehead atoms. The number of rotatable bonds is 5. The van der Waals surface area contributed by atoms with Crippen LogP contribution in [0.3, 0.4) is 0 Å². The molecule has 0 radical (unpaired) electrons. The molecular formula is C35H49BFN5O7. The second-order valence-corrected chi connectivity index (χ2v) is 14.1. The van der Waals surface area contributed by atoms with Gasteiger partial charge in [-0.15, -0.1) is 5.10 Å². The zero-order valence-corrected chi connectivity index (χ0v) is 29.9. The Bertz CT molecular complexity index is 1610. The number of methoxy groups -OCH3 is 1. The fourth-order valence-corrected chi connectivity index (χ4v) is 7.45. The van der Waals surface area contributed by atoms with Gasteiger partial charge in [-0.2, -0.15) is 0 Å². The minimum atomic E-state index is -2.96. The fourth-order valence-electron chi connectivity index (χ4n) is 7.45. The van der Waals surface area contributed by atoms with Crippen molar-refractivity contribution >= 4 is 31.1 Å². The third-order valence-corrected chi connectivity index (χ3v) is 10.8. The van der Waals surface area contributed by atoms with Gasteiger partial charge >= 0.3 is 5.97 Å². The Kier molecular flexibility index (Phi) is 11.4. The highest BCUT2D eigenvalue weighted by molar-refractivity contribution is 6.17. The molecule has 3 N–H and O–H groups in total. The topological polar surface area (TPSA) is 159 Å². The van der Waals surface area contributed by atoms with Gasteiger partial charge in [-0.25, -0.2) is 18.8 Å². The van der Waals surface area contributed by atoms with Gasteiger partial charge in [0.15, 0.2) is 5.78 Å². The molecule has 0 aliphatic carbocycles. The Labute approximate surface area is 288 Å². The third kappa shape index (κ3) is 7.45. The Morgan fingerprint density at radius 2 is 1.82 bits per heavy atom. The van der Waals surface area contributed by atoms with Gasteiger partial charge in [-0.05, 0) is 51.6 Å². The summed E-state index contributed by atoms with van der Waals surface area (Å²) in [6.07, 6.45) is -0.513. The summed E-state index contributed by atoms with van der Waals surface area (Å²) >= 11 is 0. The molecule has 2 aliphatic rings. The van der Waals surface area contributed by atoms with Crippen LogP contribution in [0, 0.1) is 29.6 Å². The van der Waals surface area contributed by atoms with Crippen LogP contribution in [0.2, 0.25) is 5.82 Å². The predicted molar refractivity (Wildman–Crippen MR) is 183 cm³/mol. The Morgan fingerprint density at radius 3 is 2.45 bits per heavy atom. The number of nitrogens with zero attached hydrogens (tertiary/aromatic N) is 4. The lowest BCUT2D eigenvalue weighted by Gasteiger charge is -2.43. The smallest absolute Gasteiger partial charge is 0.351 e. The van der Waals surface area contributed by atoms with Crippen molar-refractivity contribution in [1.29, 1.82) is 0 Å². The lowest BCUT2D eigenvalue weighted by molar-refractivity contribution is -0.210. The van der Waals surface area contributed by atoms with Crippen molar-refractivity contribution in [3.8, 4) is 23.1 Å². The summed E-state index contributed by atoms with van der Waals surface area (Å²) in [6.45, 7) is 11.3. The maximum absolute atomic E-state index is 16.2. The van der Waals surface area contributed by atoms with E-state index in [2.05, 4.69) is 22.2 Å². The van der Waals surface area contributed by atoms with Gasteiger partial charge in [0, 0.05) is 36.1 Å². The molecule has 266 valence electrons. The van der Waals surface area contributed by atoms with Crippen molar-refractivity contribution < 1.29 is 38.1 Å². The van der Waals surface area contributed by atoms with Crippen LogP contribution in [-0.2, 0) is 35.1 Å². The second kappa shape index (κ2) is 14.7. The van der Waals surface area contributed by atoms with Crippen LogP contribution >= 0.6 is 0 Å². The molecule has 3 heterocycles. The monoisotopic (exact) mass is 681 g/mol. The molecule has 4 rings (SSSR count). The van der Waals surface area contributed by atoms with E-state index in [1.165, 1.54) is 7.11 Å². The van der Waals surface area contributed by atoms with Gasteiger partial charge in [0.05, 0.1) is 24.4 Å². The van der Waals surface area contributed by atoms with E-state index in [4.69, 9.17) is 19.9 Å². The van der Waals surface area contributed by atoms with Gasteiger partial charge < -0.3 is 25.1 Å². The number of fused-ring (bicyclic) bond motifs is 1. The maximum atomic E-state index is 16.2. The number of halogens is 1. The fraction of sp³-hybridized carbons (Fsp3) is 0.629. The van der Waals surface area contributed by atoms with E-state index < -0.39 is 70.8 Å². The number of carbonyl (C=O) groups is 3. The molecule has 0 spiro atoms. The molecule has 2 saturated heterocycles. The third-order valence-electron chi connectivity index (χ3n) is 10.8. The minimum absolute atomic E-state index is 0.0156. The number of aliphatic hydroxyl groups is 1. The SMILES string of the molecule is B[C@@H]1[C@@H](C)C(=O)[C@](C)(F)C(=O)O[C@H](CC)[C@@]2(C)OC(O)N(CC#CCn3cc(-c4cccc(N)c4)nn3)[C@@H]2[C@@H](C)C(=O)[C@H](C)C[C@@]1(C)OC. The number of Topliss-reactive ketones (excluding diaryl/α,β-unsaturated/α-hetero) is 2. The summed E-state index contributed by atoms with van der Waals surface area (Å²) in [7, 11) is 3.24. The molecule has 1 aromatic carbocycles. The molecule has 2 aromatic rings.